The number of aliphatic hydroxyl groups is 1. The maximum Gasteiger partial charge on any atom is 0.313 e. The highest BCUT2D eigenvalue weighted by Crippen LogP contribution is 2.58. The number of hydrogen-bond acceptors (Lipinski definition) is 6. The van der Waals surface area contributed by atoms with Crippen LogP contribution in [-0.2, 0) is 23.9 Å². The second kappa shape index (κ2) is 9.65. The van der Waals surface area contributed by atoms with Gasteiger partial charge in [0, 0.05) is 12.2 Å². The summed E-state index contributed by atoms with van der Waals surface area (Å²) < 4.78 is 12.4. The standard InChI is InChI=1S/C30H38N2O6/c1-6-18(2)21(17-33)32-25-27(35)31(24-19(3)11-9-12-20(24)4)15-10-14-30(25)22(26(32)34)23-28(36)37-16-8-7-13-29(23,5)38-30/h7,9-14,18,21-23,25,33H,6,8,15-17H2,1-5H3/t18-,21-,22-,23-,25?,29+,30-/m0/s1. The predicted molar refractivity (Wildman–Crippen MR) is 142 cm³/mol. The summed E-state index contributed by atoms with van der Waals surface area (Å²) in [5.74, 6) is -3.07. The fourth-order valence-electron chi connectivity index (χ4n) is 7.03. The maximum atomic E-state index is 14.7. The van der Waals surface area contributed by atoms with E-state index < -0.39 is 41.1 Å². The quantitative estimate of drug-likeness (QED) is 0.472. The van der Waals surface area contributed by atoms with E-state index >= 15 is 0 Å². The third-order valence-corrected chi connectivity index (χ3v) is 9.01. The molecular weight excluding hydrogens is 484 g/mol. The number of carbonyl (C=O) groups excluding carboxylic acids is 3. The number of esters is 1. The van der Waals surface area contributed by atoms with Crippen LogP contribution in [0.25, 0.3) is 0 Å². The van der Waals surface area contributed by atoms with Gasteiger partial charge in [0.25, 0.3) is 5.91 Å². The largest absolute Gasteiger partial charge is 0.465 e. The van der Waals surface area contributed by atoms with Gasteiger partial charge in [0.15, 0.2) is 0 Å². The van der Waals surface area contributed by atoms with Crippen molar-refractivity contribution in [3.63, 3.8) is 0 Å². The molecule has 2 fully saturated rings. The van der Waals surface area contributed by atoms with Crippen LogP contribution in [0.3, 0.4) is 0 Å². The number of para-hydroxylation sites is 1. The molecule has 1 aromatic carbocycles. The highest BCUT2D eigenvalue weighted by Gasteiger charge is 2.75. The zero-order chi connectivity index (χ0) is 27.4. The van der Waals surface area contributed by atoms with Gasteiger partial charge >= 0.3 is 5.97 Å². The maximum absolute atomic E-state index is 14.7. The Morgan fingerprint density at radius 3 is 2.45 bits per heavy atom. The van der Waals surface area contributed by atoms with Crippen LogP contribution >= 0.6 is 0 Å². The highest BCUT2D eigenvalue weighted by atomic mass is 16.6. The molecule has 0 radical (unpaired) electrons. The fourth-order valence-corrected chi connectivity index (χ4v) is 7.03. The molecule has 4 heterocycles. The van der Waals surface area contributed by atoms with Crippen molar-refractivity contribution < 1.29 is 29.0 Å². The number of amides is 2. The summed E-state index contributed by atoms with van der Waals surface area (Å²) >= 11 is 0. The Morgan fingerprint density at radius 1 is 1.08 bits per heavy atom. The SMILES string of the molecule is CC[C@H](C)[C@H](CO)N1C(=O)[C@@H]2[C@H]3C(=O)OCCC=C[C@@]3(C)O[C@@]23C=CCN(c2c(C)cccc2C)C(=O)C13. The van der Waals surface area contributed by atoms with Crippen LogP contribution < -0.4 is 4.90 Å². The third kappa shape index (κ3) is 3.75. The van der Waals surface area contributed by atoms with Crippen molar-refractivity contribution in [1.29, 1.82) is 0 Å². The summed E-state index contributed by atoms with van der Waals surface area (Å²) in [5.41, 5.74) is 0.194. The lowest BCUT2D eigenvalue weighted by molar-refractivity contribution is -0.160. The molecule has 0 aromatic heterocycles. The third-order valence-electron chi connectivity index (χ3n) is 9.01. The topological polar surface area (TPSA) is 96.4 Å². The molecule has 7 atom stereocenters. The predicted octanol–water partition coefficient (Wildman–Crippen LogP) is 3.09. The zero-order valence-corrected chi connectivity index (χ0v) is 22.8. The molecule has 2 saturated heterocycles. The summed E-state index contributed by atoms with van der Waals surface area (Å²) in [6.07, 6.45) is 8.72. The van der Waals surface area contributed by atoms with Crippen molar-refractivity contribution in [2.24, 2.45) is 17.8 Å². The first-order valence-corrected chi connectivity index (χ1v) is 13.6. The molecule has 8 heteroatoms. The van der Waals surface area contributed by atoms with Crippen LogP contribution in [0, 0.1) is 31.6 Å². The molecular formula is C30H38N2O6. The van der Waals surface area contributed by atoms with Crippen molar-refractivity contribution in [3.8, 4) is 0 Å². The molecule has 0 bridgehead atoms. The number of aryl methyl sites for hydroxylation is 2. The molecule has 0 saturated carbocycles. The Bertz CT molecular complexity index is 1190. The van der Waals surface area contributed by atoms with Crippen LogP contribution in [0.1, 0.15) is 44.7 Å². The van der Waals surface area contributed by atoms with Crippen molar-refractivity contribution in [2.45, 2.75) is 70.7 Å². The Hall–Kier alpha value is -2.97. The summed E-state index contributed by atoms with van der Waals surface area (Å²) in [4.78, 5) is 45.8. The summed E-state index contributed by atoms with van der Waals surface area (Å²) in [7, 11) is 0. The Balaban J connectivity index is 1.72. The van der Waals surface area contributed by atoms with Crippen LogP contribution in [0.15, 0.2) is 42.5 Å². The molecule has 4 aliphatic rings. The number of fused-ring (bicyclic) bond motifs is 2. The van der Waals surface area contributed by atoms with E-state index in [-0.39, 0.29) is 30.9 Å². The number of cyclic esters (lactones) is 1. The zero-order valence-electron chi connectivity index (χ0n) is 22.8. The molecule has 1 N–H and O–H groups in total. The number of anilines is 1. The van der Waals surface area contributed by atoms with E-state index in [2.05, 4.69) is 0 Å². The number of rotatable bonds is 5. The number of carbonyl (C=O) groups is 3. The fraction of sp³-hybridized carbons (Fsp3) is 0.567. The molecule has 1 aromatic rings. The molecule has 0 aliphatic carbocycles. The van der Waals surface area contributed by atoms with Crippen LogP contribution in [0.5, 0.6) is 0 Å². The molecule has 5 rings (SSSR count). The van der Waals surface area contributed by atoms with Gasteiger partial charge in [-0.1, -0.05) is 62.8 Å². The lowest BCUT2D eigenvalue weighted by Crippen LogP contribution is -2.60. The van der Waals surface area contributed by atoms with Gasteiger partial charge in [-0.2, -0.15) is 0 Å². The first-order chi connectivity index (χ1) is 18.1. The van der Waals surface area contributed by atoms with E-state index in [9.17, 15) is 19.5 Å². The van der Waals surface area contributed by atoms with Gasteiger partial charge in [0.1, 0.15) is 17.6 Å². The van der Waals surface area contributed by atoms with Gasteiger partial charge in [0.05, 0.1) is 30.8 Å². The van der Waals surface area contributed by atoms with Crippen molar-refractivity contribution in [1.82, 2.24) is 4.90 Å². The second-order valence-electron chi connectivity index (χ2n) is 11.3. The number of aliphatic hydroxyl groups excluding tert-OH is 1. The van der Waals surface area contributed by atoms with E-state index in [0.29, 0.717) is 19.4 Å². The van der Waals surface area contributed by atoms with Gasteiger partial charge in [-0.05, 0) is 44.2 Å². The van der Waals surface area contributed by atoms with Gasteiger partial charge < -0.3 is 24.4 Å². The minimum absolute atomic E-state index is 0.0796. The molecule has 2 amide bonds. The van der Waals surface area contributed by atoms with E-state index in [1.807, 2.05) is 70.2 Å². The van der Waals surface area contributed by atoms with Gasteiger partial charge in [-0.3, -0.25) is 14.4 Å². The summed E-state index contributed by atoms with van der Waals surface area (Å²) in [6.45, 7) is 9.91. The Labute approximate surface area is 224 Å². The van der Waals surface area contributed by atoms with Gasteiger partial charge in [-0.15, -0.1) is 0 Å². The highest BCUT2D eigenvalue weighted by molar-refractivity contribution is 6.06. The Kier molecular flexibility index (Phi) is 6.76. The smallest absolute Gasteiger partial charge is 0.313 e. The number of benzene rings is 1. The van der Waals surface area contributed by atoms with Crippen LogP contribution in [0.2, 0.25) is 0 Å². The van der Waals surface area contributed by atoms with Crippen molar-refractivity contribution in [2.75, 3.05) is 24.7 Å². The molecule has 8 nitrogen and oxygen atoms in total. The first kappa shape index (κ1) is 26.6. The Morgan fingerprint density at radius 2 is 1.79 bits per heavy atom. The minimum atomic E-state index is -1.38. The monoisotopic (exact) mass is 522 g/mol. The summed E-state index contributed by atoms with van der Waals surface area (Å²) in [5, 5.41) is 10.5. The van der Waals surface area contributed by atoms with Crippen LogP contribution in [0.4, 0.5) is 5.69 Å². The average Bonchev–Trinajstić information content (AvgIpc) is 3.19. The van der Waals surface area contributed by atoms with E-state index in [1.54, 1.807) is 11.8 Å². The number of hydrogen-bond donors (Lipinski definition) is 1. The molecule has 38 heavy (non-hydrogen) atoms. The summed E-state index contributed by atoms with van der Waals surface area (Å²) in [6, 6.07) is 4.23. The van der Waals surface area contributed by atoms with Gasteiger partial charge in [-0.25, -0.2) is 0 Å². The second-order valence-corrected chi connectivity index (χ2v) is 11.3. The van der Waals surface area contributed by atoms with Crippen LogP contribution in [-0.4, -0.2) is 70.8 Å². The van der Waals surface area contributed by atoms with Crippen molar-refractivity contribution in [3.05, 3.63) is 53.6 Å². The van der Waals surface area contributed by atoms with Crippen molar-refractivity contribution >= 4 is 23.5 Å². The molecule has 204 valence electrons. The minimum Gasteiger partial charge on any atom is -0.465 e. The van der Waals surface area contributed by atoms with E-state index in [1.165, 1.54) is 4.90 Å². The number of likely N-dealkylation sites (tertiary alicyclic amines) is 1. The molecule has 4 aliphatic heterocycles. The van der Waals surface area contributed by atoms with E-state index in [0.717, 1.165) is 16.8 Å². The number of nitrogens with zero attached hydrogens (tertiary/aromatic N) is 2. The molecule has 1 spiro atoms. The van der Waals surface area contributed by atoms with E-state index in [4.69, 9.17) is 9.47 Å². The lowest BCUT2D eigenvalue weighted by Gasteiger charge is -2.42. The number of ether oxygens (including phenoxy) is 2. The normalized spacial score (nSPS) is 34.2. The molecule has 1 unspecified atom stereocenters. The average molecular weight is 523 g/mol. The van der Waals surface area contributed by atoms with Gasteiger partial charge in [0.2, 0.25) is 5.91 Å². The first-order valence-electron chi connectivity index (χ1n) is 13.6. The lowest BCUT2D eigenvalue weighted by atomic mass is 9.74.